The van der Waals surface area contributed by atoms with Crippen LogP contribution in [0.2, 0.25) is 0 Å². The minimum absolute atomic E-state index is 0.0907. The van der Waals surface area contributed by atoms with Crippen molar-refractivity contribution in [2.75, 3.05) is 0 Å². The van der Waals surface area contributed by atoms with E-state index in [0.29, 0.717) is 59.8 Å². The largest absolute Gasteiger partial charge is 0.483 e. The monoisotopic (exact) mass is 448 g/mol. The Kier molecular flexibility index (Phi) is 4.36. The number of carbonyl (C=O) groups is 2. The van der Waals surface area contributed by atoms with Gasteiger partial charge in [-0.15, -0.1) is 0 Å². The Bertz CT molecular complexity index is 1100. The first-order chi connectivity index (χ1) is 15.8. The molecule has 0 N–H and O–H groups in total. The topological polar surface area (TPSA) is 71.1 Å². The number of Topliss-reactive ketones (excluding diaryl/α,β-unsaturated/α-hetero) is 2. The Balaban J connectivity index is 1.56. The van der Waals surface area contributed by atoms with E-state index in [0.717, 1.165) is 11.1 Å². The highest BCUT2D eigenvalue weighted by molar-refractivity contribution is 6.03. The molecule has 3 unspecified atom stereocenters. The van der Waals surface area contributed by atoms with Gasteiger partial charge < -0.3 is 18.9 Å². The Morgan fingerprint density at radius 2 is 0.939 bits per heavy atom. The van der Waals surface area contributed by atoms with Crippen LogP contribution in [0, 0.1) is 0 Å². The maximum Gasteiger partial charge on any atom is 0.163 e. The molecule has 1 spiro atoms. The lowest BCUT2D eigenvalue weighted by atomic mass is 9.59. The van der Waals surface area contributed by atoms with Crippen LogP contribution in [0.3, 0.4) is 0 Å². The molecule has 5 atom stereocenters. The molecule has 0 aromatic heterocycles. The lowest BCUT2D eigenvalue weighted by Gasteiger charge is -2.44. The van der Waals surface area contributed by atoms with Gasteiger partial charge in [-0.05, 0) is 75.9 Å². The number of ketones is 2. The number of carbonyl (C=O) groups excluding carboxylic acids is 2. The fraction of sp³-hybridized carbons (Fsp3) is 0.481. The van der Waals surface area contributed by atoms with E-state index in [2.05, 4.69) is 0 Å². The van der Waals surface area contributed by atoms with E-state index >= 15 is 0 Å². The molecule has 0 saturated carbocycles. The summed E-state index contributed by atoms with van der Waals surface area (Å²) in [5, 5.41) is 0. The zero-order valence-corrected chi connectivity index (χ0v) is 19.4. The molecule has 2 aliphatic carbocycles. The molecule has 2 aromatic carbocycles. The van der Waals surface area contributed by atoms with Gasteiger partial charge in [0.15, 0.2) is 34.6 Å². The molecule has 0 saturated heterocycles. The van der Waals surface area contributed by atoms with Crippen LogP contribution < -0.4 is 18.9 Å². The van der Waals surface area contributed by atoms with Crippen LogP contribution in [0.1, 0.15) is 85.2 Å². The molecule has 2 aromatic rings. The summed E-state index contributed by atoms with van der Waals surface area (Å²) in [6.07, 6.45) is 1.78. The Morgan fingerprint density at radius 1 is 0.606 bits per heavy atom. The van der Waals surface area contributed by atoms with E-state index in [1.165, 1.54) is 0 Å². The fourth-order valence-corrected chi connectivity index (χ4v) is 5.66. The summed E-state index contributed by atoms with van der Waals surface area (Å²) in [6, 6.07) is 7.64. The van der Waals surface area contributed by atoms with Crippen molar-refractivity contribution in [3.8, 4) is 23.0 Å². The Labute approximate surface area is 193 Å². The van der Waals surface area contributed by atoms with Gasteiger partial charge >= 0.3 is 0 Å². The predicted octanol–water partition coefficient (Wildman–Crippen LogP) is 5.02. The highest BCUT2D eigenvalue weighted by Crippen LogP contribution is 2.54. The molecule has 2 aliphatic heterocycles. The molecule has 0 bridgehead atoms. The van der Waals surface area contributed by atoms with Gasteiger partial charge in [-0.1, -0.05) is 0 Å². The minimum Gasteiger partial charge on any atom is -0.483 e. The molecule has 0 fully saturated rings. The summed E-state index contributed by atoms with van der Waals surface area (Å²) in [7, 11) is 0. The fourth-order valence-electron chi connectivity index (χ4n) is 5.66. The first kappa shape index (κ1) is 20.6. The van der Waals surface area contributed by atoms with Crippen LogP contribution in [-0.2, 0) is 5.41 Å². The number of benzene rings is 2. The van der Waals surface area contributed by atoms with Crippen molar-refractivity contribution in [2.24, 2.45) is 0 Å². The van der Waals surface area contributed by atoms with E-state index in [-0.39, 0.29) is 36.0 Å². The highest BCUT2D eigenvalue weighted by Gasteiger charge is 2.47. The van der Waals surface area contributed by atoms with Gasteiger partial charge in [0.2, 0.25) is 0 Å². The van der Waals surface area contributed by atoms with Crippen molar-refractivity contribution >= 4 is 11.6 Å². The third-order valence-corrected chi connectivity index (χ3v) is 7.93. The number of hydrogen-bond donors (Lipinski definition) is 0. The maximum absolute atomic E-state index is 13.0. The first-order valence-electron chi connectivity index (χ1n) is 11.9. The van der Waals surface area contributed by atoms with Crippen molar-refractivity contribution in [1.82, 2.24) is 0 Å². The van der Waals surface area contributed by atoms with Gasteiger partial charge in [0.05, 0.1) is 0 Å². The molecule has 6 nitrogen and oxygen atoms in total. The summed E-state index contributed by atoms with van der Waals surface area (Å²) < 4.78 is 24.4. The first-order valence-corrected chi connectivity index (χ1v) is 11.9. The van der Waals surface area contributed by atoms with E-state index in [4.69, 9.17) is 18.9 Å². The van der Waals surface area contributed by atoms with E-state index in [1.807, 2.05) is 52.0 Å². The van der Waals surface area contributed by atoms with Gasteiger partial charge in [-0.3, -0.25) is 9.59 Å². The molecule has 4 aliphatic rings. The second kappa shape index (κ2) is 6.99. The van der Waals surface area contributed by atoms with Gasteiger partial charge in [-0.25, -0.2) is 0 Å². The number of rotatable bonds is 0. The SMILES string of the molecule is CC1Oc2cc3c(cc2O[C@H]1C)C(=O)CCC31CCC(=O)c2cc3c(cc21)O[C@H](C)C(C)O3. The second-order valence-corrected chi connectivity index (χ2v) is 9.91. The quantitative estimate of drug-likeness (QED) is 0.563. The normalized spacial score (nSPS) is 31.8. The minimum atomic E-state index is -0.456. The molecular weight excluding hydrogens is 420 g/mol. The van der Waals surface area contributed by atoms with Crippen LogP contribution in [0.25, 0.3) is 0 Å². The third kappa shape index (κ3) is 2.92. The zero-order chi connectivity index (χ0) is 23.1. The van der Waals surface area contributed by atoms with Crippen molar-refractivity contribution in [2.45, 2.75) is 83.2 Å². The predicted molar refractivity (Wildman–Crippen MR) is 121 cm³/mol. The average Bonchev–Trinajstić information content (AvgIpc) is 2.78. The number of fused-ring (bicyclic) bond motifs is 6. The summed E-state index contributed by atoms with van der Waals surface area (Å²) in [6.45, 7) is 7.89. The zero-order valence-electron chi connectivity index (χ0n) is 19.4. The second-order valence-electron chi connectivity index (χ2n) is 9.91. The summed E-state index contributed by atoms with van der Waals surface area (Å²) in [5.74, 6) is 2.75. The van der Waals surface area contributed by atoms with Crippen molar-refractivity contribution in [3.63, 3.8) is 0 Å². The van der Waals surface area contributed by atoms with E-state index in [9.17, 15) is 9.59 Å². The molecule has 172 valence electrons. The standard InChI is InChI=1S/C27H28O6/c1-13-15(3)32-25-11-19-17(9-23(25)30-13)21(28)5-7-27(19)8-6-22(29)18-10-24-26(12-20(18)27)33-16(4)14(2)31-24/h9-16H,5-8H2,1-4H3/t13-,14?,15?,16+,27?/m0/s1. The van der Waals surface area contributed by atoms with Crippen LogP contribution >= 0.6 is 0 Å². The average molecular weight is 449 g/mol. The number of ether oxygens (including phenoxy) is 4. The third-order valence-electron chi connectivity index (χ3n) is 7.93. The molecular formula is C27H28O6. The summed E-state index contributed by atoms with van der Waals surface area (Å²) in [5.41, 5.74) is 2.73. The lowest BCUT2D eigenvalue weighted by molar-refractivity contribution is 0.0420. The van der Waals surface area contributed by atoms with E-state index < -0.39 is 5.41 Å². The smallest absolute Gasteiger partial charge is 0.163 e. The molecule has 0 radical (unpaired) electrons. The van der Waals surface area contributed by atoms with Crippen LogP contribution in [0.5, 0.6) is 23.0 Å². The van der Waals surface area contributed by atoms with Crippen molar-refractivity contribution in [3.05, 3.63) is 46.5 Å². The summed E-state index contributed by atoms with van der Waals surface area (Å²) >= 11 is 0. The lowest BCUT2D eigenvalue weighted by Crippen LogP contribution is -2.41. The maximum atomic E-state index is 13.0. The Hall–Kier alpha value is -3.02. The number of hydrogen-bond acceptors (Lipinski definition) is 6. The molecule has 2 heterocycles. The van der Waals surface area contributed by atoms with Gasteiger partial charge in [0, 0.05) is 29.4 Å². The molecule has 6 heteroatoms. The molecule has 6 rings (SSSR count). The molecule has 33 heavy (non-hydrogen) atoms. The Morgan fingerprint density at radius 3 is 1.30 bits per heavy atom. The van der Waals surface area contributed by atoms with Crippen LogP contribution in [0.4, 0.5) is 0 Å². The highest BCUT2D eigenvalue weighted by atomic mass is 16.6. The van der Waals surface area contributed by atoms with Gasteiger partial charge in [0.1, 0.15) is 24.4 Å². The van der Waals surface area contributed by atoms with Crippen LogP contribution in [0.15, 0.2) is 24.3 Å². The van der Waals surface area contributed by atoms with E-state index in [1.54, 1.807) is 0 Å². The molecule has 0 amide bonds. The van der Waals surface area contributed by atoms with Gasteiger partial charge in [0.25, 0.3) is 0 Å². The van der Waals surface area contributed by atoms with Crippen molar-refractivity contribution in [1.29, 1.82) is 0 Å². The summed E-state index contributed by atoms with van der Waals surface area (Å²) in [4.78, 5) is 26.0. The van der Waals surface area contributed by atoms with Gasteiger partial charge in [-0.2, -0.15) is 0 Å². The van der Waals surface area contributed by atoms with Crippen LogP contribution in [-0.4, -0.2) is 36.0 Å². The van der Waals surface area contributed by atoms with Crippen molar-refractivity contribution < 1.29 is 28.5 Å².